The summed E-state index contributed by atoms with van der Waals surface area (Å²) in [6.45, 7) is 1.91. The Morgan fingerprint density at radius 1 is 1.00 bits per heavy atom. The first kappa shape index (κ1) is 13.8. The highest BCUT2D eigenvalue weighted by molar-refractivity contribution is 5.77. The third kappa shape index (κ3) is 1.97. The van der Waals surface area contributed by atoms with E-state index >= 15 is 0 Å². The summed E-state index contributed by atoms with van der Waals surface area (Å²) in [6.07, 6.45) is 5.66. The number of hydrogen-bond donors (Lipinski definition) is 0. The molecular formula is C17H13N7O. The zero-order valence-electron chi connectivity index (χ0n) is 13.6. The third-order valence-electron chi connectivity index (χ3n) is 4.17. The molecular weight excluding hydrogens is 318 g/mol. The summed E-state index contributed by atoms with van der Waals surface area (Å²) in [5.74, 6) is 1.27. The van der Waals surface area contributed by atoms with Gasteiger partial charge in [-0.25, -0.2) is 9.97 Å². The van der Waals surface area contributed by atoms with Crippen LogP contribution >= 0.6 is 0 Å². The number of aromatic nitrogens is 7. The molecule has 8 nitrogen and oxygen atoms in total. The van der Waals surface area contributed by atoms with Crippen molar-refractivity contribution in [1.29, 1.82) is 0 Å². The lowest BCUT2D eigenvalue weighted by molar-refractivity contribution is 0.399. The van der Waals surface area contributed by atoms with E-state index < -0.39 is 0 Å². The number of hydrogen-bond acceptors (Lipinski definition) is 6. The van der Waals surface area contributed by atoms with E-state index in [0.29, 0.717) is 22.7 Å². The van der Waals surface area contributed by atoms with E-state index in [0.717, 1.165) is 22.7 Å². The number of nitrogens with zero attached hydrogens (tertiary/aromatic N) is 7. The second-order valence-electron chi connectivity index (χ2n) is 5.69. The smallest absolute Gasteiger partial charge is 0.215 e. The Labute approximate surface area is 141 Å². The zero-order chi connectivity index (χ0) is 17.0. The van der Waals surface area contributed by atoms with E-state index in [1.54, 1.807) is 19.4 Å². The van der Waals surface area contributed by atoms with Crippen LogP contribution in [-0.2, 0) is 0 Å². The molecule has 25 heavy (non-hydrogen) atoms. The number of ether oxygens (including phenoxy) is 1. The van der Waals surface area contributed by atoms with Gasteiger partial charge in [-0.1, -0.05) is 0 Å². The fourth-order valence-corrected chi connectivity index (χ4v) is 2.97. The molecule has 0 spiro atoms. The molecule has 0 radical (unpaired) electrons. The van der Waals surface area contributed by atoms with Crippen LogP contribution in [0.3, 0.4) is 0 Å². The minimum absolute atomic E-state index is 0.518. The highest BCUT2D eigenvalue weighted by atomic mass is 16.5. The number of rotatable bonds is 2. The predicted molar refractivity (Wildman–Crippen MR) is 91.6 cm³/mol. The lowest BCUT2D eigenvalue weighted by atomic mass is 10.2. The molecule has 0 N–H and O–H groups in total. The fourth-order valence-electron chi connectivity index (χ4n) is 2.97. The van der Waals surface area contributed by atoms with Gasteiger partial charge in [-0.15, -0.1) is 10.2 Å². The van der Waals surface area contributed by atoms with Gasteiger partial charge in [-0.2, -0.15) is 4.98 Å². The van der Waals surface area contributed by atoms with E-state index in [9.17, 15) is 0 Å². The number of pyridine rings is 2. The van der Waals surface area contributed by atoms with Gasteiger partial charge in [0, 0.05) is 30.2 Å². The Bertz CT molecular complexity index is 1250. The number of aryl methyl sites for hydroxylation is 1. The van der Waals surface area contributed by atoms with Crippen molar-refractivity contribution in [3.8, 4) is 17.3 Å². The molecule has 0 aliphatic rings. The second-order valence-corrected chi connectivity index (χ2v) is 5.69. The van der Waals surface area contributed by atoms with Crippen molar-refractivity contribution in [3.05, 3.63) is 48.5 Å². The maximum atomic E-state index is 5.27. The van der Waals surface area contributed by atoms with Crippen molar-refractivity contribution in [1.82, 2.24) is 34.0 Å². The summed E-state index contributed by atoms with van der Waals surface area (Å²) >= 11 is 0. The molecule has 5 aromatic rings. The largest absolute Gasteiger partial charge is 0.481 e. The SMILES string of the molecule is COc1ccc2nnc3c(C)nc(-c4ccc5nccn5c4)n3c2n1. The van der Waals surface area contributed by atoms with Crippen LogP contribution in [0.2, 0.25) is 0 Å². The van der Waals surface area contributed by atoms with Crippen molar-refractivity contribution in [2.75, 3.05) is 7.11 Å². The third-order valence-corrected chi connectivity index (χ3v) is 4.17. The van der Waals surface area contributed by atoms with Crippen LogP contribution < -0.4 is 4.74 Å². The number of fused-ring (bicyclic) bond motifs is 4. The predicted octanol–water partition coefficient (Wildman–Crippen LogP) is 2.30. The van der Waals surface area contributed by atoms with Crippen LogP contribution in [0.4, 0.5) is 0 Å². The molecule has 0 aliphatic heterocycles. The molecule has 5 rings (SSSR count). The Kier molecular flexibility index (Phi) is 2.75. The van der Waals surface area contributed by atoms with Gasteiger partial charge >= 0.3 is 0 Å². The average Bonchev–Trinajstić information content (AvgIpc) is 3.25. The zero-order valence-corrected chi connectivity index (χ0v) is 13.6. The van der Waals surface area contributed by atoms with Crippen molar-refractivity contribution in [2.24, 2.45) is 0 Å². The molecule has 0 aliphatic carbocycles. The maximum Gasteiger partial charge on any atom is 0.215 e. The Hall–Kier alpha value is -3.55. The van der Waals surface area contributed by atoms with Crippen LogP contribution in [0.15, 0.2) is 42.9 Å². The Balaban J connectivity index is 1.89. The molecule has 0 fully saturated rings. The molecule has 0 aromatic carbocycles. The van der Waals surface area contributed by atoms with Gasteiger partial charge in [-0.05, 0) is 25.1 Å². The van der Waals surface area contributed by atoms with Gasteiger partial charge in [0.1, 0.15) is 17.0 Å². The Morgan fingerprint density at radius 3 is 2.80 bits per heavy atom. The first-order valence-corrected chi connectivity index (χ1v) is 7.74. The van der Waals surface area contributed by atoms with Crippen LogP contribution in [0.25, 0.3) is 33.8 Å². The molecule has 0 saturated heterocycles. The van der Waals surface area contributed by atoms with Crippen molar-refractivity contribution in [3.63, 3.8) is 0 Å². The molecule has 0 saturated carbocycles. The molecule has 122 valence electrons. The standard InChI is InChI=1S/C17H13N7O/c1-10-15-22-21-12-4-6-14(25-2)20-17(12)24(15)16(19-10)11-3-5-13-18-7-8-23(13)9-11/h3-9H,1-2H3. The number of methoxy groups -OCH3 is 1. The van der Waals surface area contributed by atoms with Gasteiger partial charge in [0.2, 0.25) is 5.88 Å². The highest BCUT2D eigenvalue weighted by Gasteiger charge is 2.16. The van der Waals surface area contributed by atoms with Crippen LogP contribution in [0.1, 0.15) is 5.69 Å². The fraction of sp³-hybridized carbons (Fsp3) is 0.118. The first-order chi connectivity index (χ1) is 12.2. The summed E-state index contributed by atoms with van der Waals surface area (Å²) in [4.78, 5) is 13.5. The quantitative estimate of drug-likeness (QED) is 0.494. The molecule has 8 heteroatoms. The van der Waals surface area contributed by atoms with Crippen LogP contribution in [-0.4, -0.2) is 41.1 Å². The van der Waals surface area contributed by atoms with E-state index in [2.05, 4.69) is 20.2 Å². The highest BCUT2D eigenvalue weighted by Crippen LogP contribution is 2.25. The van der Waals surface area contributed by atoms with Crippen molar-refractivity contribution in [2.45, 2.75) is 6.92 Å². The minimum atomic E-state index is 0.518. The van der Waals surface area contributed by atoms with Gasteiger partial charge in [0.25, 0.3) is 0 Å². The monoisotopic (exact) mass is 331 g/mol. The van der Waals surface area contributed by atoms with Crippen LogP contribution in [0, 0.1) is 6.92 Å². The second kappa shape index (κ2) is 4.97. The van der Waals surface area contributed by atoms with Gasteiger partial charge < -0.3 is 9.14 Å². The van der Waals surface area contributed by atoms with E-state index in [-0.39, 0.29) is 0 Å². The minimum Gasteiger partial charge on any atom is -0.481 e. The topological polar surface area (TPSA) is 82.5 Å². The average molecular weight is 331 g/mol. The van der Waals surface area contributed by atoms with Gasteiger partial charge in [-0.3, -0.25) is 4.40 Å². The van der Waals surface area contributed by atoms with Gasteiger partial charge in [0.15, 0.2) is 11.3 Å². The first-order valence-electron chi connectivity index (χ1n) is 7.74. The molecule has 5 heterocycles. The summed E-state index contributed by atoms with van der Waals surface area (Å²) in [5, 5.41) is 8.56. The van der Waals surface area contributed by atoms with E-state index in [1.165, 1.54) is 0 Å². The Morgan fingerprint density at radius 2 is 1.92 bits per heavy atom. The van der Waals surface area contributed by atoms with Crippen LogP contribution in [0.5, 0.6) is 5.88 Å². The molecule has 0 amide bonds. The normalized spacial score (nSPS) is 11.6. The number of imidazole rings is 2. The molecule has 0 bridgehead atoms. The summed E-state index contributed by atoms with van der Waals surface area (Å²) in [7, 11) is 1.59. The van der Waals surface area contributed by atoms with Crippen molar-refractivity contribution < 1.29 is 4.74 Å². The van der Waals surface area contributed by atoms with Gasteiger partial charge in [0.05, 0.1) is 12.8 Å². The van der Waals surface area contributed by atoms with Crippen molar-refractivity contribution >= 4 is 22.5 Å². The molecule has 0 atom stereocenters. The maximum absolute atomic E-state index is 5.27. The summed E-state index contributed by atoms with van der Waals surface area (Å²) < 4.78 is 9.14. The lowest BCUT2D eigenvalue weighted by Gasteiger charge is -2.06. The van der Waals surface area contributed by atoms with E-state index in [4.69, 9.17) is 9.72 Å². The molecule has 0 unspecified atom stereocenters. The molecule has 5 aromatic heterocycles. The lowest BCUT2D eigenvalue weighted by Crippen LogP contribution is -2.01. The summed E-state index contributed by atoms with van der Waals surface area (Å²) in [5.41, 5.74) is 4.62. The summed E-state index contributed by atoms with van der Waals surface area (Å²) in [6, 6.07) is 7.55. The van der Waals surface area contributed by atoms with E-state index in [1.807, 2.05) is 46.3 Å².